The predicted molar refractivity (Wildman–Crippen MR) is 104 cm³/mol. The first-order chi connectivity index (χ1) is 12.5. The van der Waals surface area contributed by atoms with Crippen LogP contribution in [-0.2, 0) is 6.54 Å². The Bertz CT molecular complexity index is 780. The average molecular weight is 398 g/mol. The molecule has 0 aliphatic carbocycles. The van der Waals surface area contributed by atoms with Gasteiger partial charge in [0.25, 0.3) is 0 Å². The predicted octanol–water partition coefficient (Wildman–Crippen LogP) is 5.49. The molecule has 26 heavy (non-hydrogen) atoms. The third kappa shape index (κ3) is 5.19. The molecule has 0 aromatic heterocycles. The highest BCUT2D eigenvalue weighted by molar-refractivity contribution is 6.33. The zero-order chi connectivity index (χ0) is 19.1. The average Bonchev–Trinajstić information content (AvgIpc) is 2.61. The number of anilines is 1. The standard InChI is InChI=1S/C19H21Cl2NO4/c1-3-7-26-18-10-16(21)12(8-17(18)25-4-2)11-22-13-5-6-15(20)14(9-13)19(23)24/h5-6,8-10,22H,3-4,7,11H2,1-2H3,(H,23,24). The van der Waals surface area contributed by atoms with E-state index in [2.05, 4.69) is 5.32 Å². The molecule has 2 rings (SSSR count). The molecule has 7 heteroatoms. The fourth-order valence-corrected chi connectivity index (χ4v) is 2.72. The van der Waals surface area contributed by atoms with E-state index in [0.717, 1.165) is 12.0 Å². The van der Waals surface area contributed by atoms with Gasteiger partial charge >= 0.3 is 5.97 Å². The van der Waals surface area contributed by atoms with E-state index in [1.54, 1.807) is 18.2 Å². The fraction of sp³-hybridized carbons (Fsp3) is 0.316. The zero-order valence-electron chi connectivity index (χ0n) is 14.6. The van der Waals surface area contributed by atoms with Crippen LogP contribution in [0.15, 0.2) is 30.3 Å². The van der Waals surface area contributed by atoms with Crippen LogP contribution in [0.25, 0.3) is 0 Å². The first-order valence-corrected chi connectivity index (χ1v) is 9.06. The highest BCUT2D eigenvalue weighted by Gasteiger charge is 2.13. The van der Waals surface area contributed by atoms with Gasteiger partial charge in [0.05, 0.1) is 23.8 Å². The Kier molecular flexibility index (Phi) is 7.42. The molecular formula is C19H21Cl2NO4. The molecule has 0 fully saturated rings. The minimum Gasteiger partial charge on any atom is -0.490 e. The van der Waals surface area contributed by atoms with Gasteiger partial charge in [0.1, 0.15) is 0 Å². The van der Waals surface area contributed by atoms with Crippen LogP contribution in [0, 0.1) is 0 Å². The Labute approximate surface area is 162 Å². The maximum absolute atomic E-state index is 11.2. The van der Waals surface area contributed by atoms with Crippen LogP contribution in [0.2, 0.25) is 10.0 Å². The maximum Gasteiger partial charge on any atom is 0.337 e. The highest BCUT2D eigenvalue weighted by Crippen LogP contribution is 2.34. The molecule has 2 aromatic rings. The summed E-state index contributed by atoms with van der Waals surface area (Å²) in [7, 11) is 0. The lowest BCUT2D eigenvalue weighted by molar-refractivity contribution is 0.0697. The SMILES string of the molecule is CCCOc1cc(Cl)c(CNc2ccc(Cl)c(C(=O)O)c2)cc1OCC. The topological polar surface area (TPSA) is 67.8 Å². The largest absolute Gasteiger partial charge is 0.490 e. The van der Waals surface area contributed by atoms with Crippen LogP contribution in [-0.4, -0.2) is 24.3 Å². The number of benzene rings is 2. The molecule has 140 valence electrons. The highest BCUT2D eigenvalue weighted by atomic mass is 35.5. The summed E-state index contributed by atoms with van der Waals surface area (Å²) in [4.78, 5) is 11.2. The molecule has 0 unspecified atom stereocenters. The molecular weight excluding hydrogens is 377 g/mol. The minimum atomic E-state index is -1.08. The zero-order valence-corrected chi connectivity index (χ0v) is 16.2. The maximum atomic E-state index is 11.2. The van der Waals surface area contributed by atoms with Gasteiger partial charge < -0.3 is 19.9 Å². The van der Waals surface area contributed by atoms with E-state index in [4.69, 9.17) is 37.8 Å². The number of carboxylic acids is 1. The second-order valence-corrected chi connectivity index (χ2v) is 6.34. The molecule has 0 amide bonds. The number of nitrogens with one attached hydrogen (secondary N) is 1. The van der Waals surface area contributed by atoms with E-state index in [1.165, 1.54) is 6.07 Å². The monoisotopic (exact) mass is 397 g/mol. The van der Waals surface area contributed by atoms with Gasteiger partial charge in [0.15, 0.2) is 11.5 Å². The summed E-state index contributed by atoms with van der Waals surface area (Å²) in [5, 5.41) is 13.0. The van der Waals surface area contributed by atoms with E-state index < -0.39 is 5.97 Å². The van der Waals surface area contributed by atoms with Crippen molar-refractivity contribution in [3.05, 3.63) is 51.5 Å². The van der Waals surface area contributed by atoms with E-state index in [1.807, 2.05) is 19.9 Å². The molecule has 5 nitrogen and oxygen atoms in total. The quantitative estimate of drug-likeness (QED) is 0.585. The Balaban J connectivity index is 2.20. The van der Waals surface area contributed by atoms with Gasteiger partial charge in [-0.1, -0.05) is 30.1 Å². The summed E-state index contributed by atoms with van der Waals surface area (Å²) in [5.74, 6) is 0.166. The van der Waals surface area contributed by atoms with Gasteiger partial charge in [-0.15, -0.1) is 0 Å². The van der Waals surface area contributed by atoms with Crippen molar-refractivity contribution in [1.29, 1.82) is 0 Å². The molecule has 0 aliphatic rings. The van der Waals surface area contributed by atoms with Crippen LogP contribution in [0.5, 0.6) is 11.5 Å². The van der Waals surface area contributed by atoms with Crippen molar-refractivity contribution >= 4 is 34.9 Å². The van der Waals surface area contributed by atoms with Crippen molar-refractivity contribution in [3.63, 3.8) is 0 Å². The number of aromatic carboxylic acids is 1. The van der Waals surface area contributed by atoms with Crippen LogP contribution in [0.4, 0.5) is 5.69 Å². The lowest BCUT2D eigenvalue weighted by atomic mass is 10.1. The van der Waals surface area contributed by atoms with Gasteiger partial charge in [-0.05, 0) is 43.2 Å². The Morgan fingerprint density at radius 2 is 1.81 bits per heavy atom. The number of ether oxygens (including phenoxy) is 2. The lowest BCUT2D eigenvalue weighted by Crippen LogP contribution is -2.05. The van der Waals surface area contributed by atoms with Crippen molar-refractivity contribution in [2.45, 2.75) is 26.8 Å². The summed E-state index contributed by atoms with van der Waals surface area (Å²) in [5.41, 5.74) is 1.49. The summed E-state index contributed by atoms with van der Waals surface area (Å²) in [6.07, 6.45) is 0.884. The summed E-state index contributed by atoms with van der Waals surface area (Å²) in [6.45, 7) is 5.41. The molecule has 2 aromatic carbocycles. The van der Waals surface area contributed by atoms with E-state index in [9.17, 15) is 4.79 Å². The van der Waals surface area contributed by atoms with Crippen molar-refractivity contribution in [2.24, 2.45) is 0 Å². The third-order valence-electron chi connectivity index (χ3n) is 3.55. The Morgan fingerprint density at radius 1 is 1.08 bits per heavy atom. The van der Waals surface area contributed by atoms with Gasteiger partial charge in [-0.2, -0.15) is 0 Å². The van der Waals surface area contributed by atoms with Crippen molar-refractivity contribution in [2.75, 3.05) is 18.5 Å². The number of carboxylic acid groups (broad SMARTS) is 1. The lowest BCUT2D eigenvalue weighted by Gasteiger charge is -2.15. The number of carbonyl (C=O) groups is 1. The van der Waals surface area contributed by atoms with E-state index in [0.29, 0.717) is 42.0 Å². The van der Waals surface area contributed by atoms with Crippen molar-refractivity contribution in [3.8, 4) is 11.5 Å². The molecule has 0 bridgehead atoms. The molecule has 0 spiro atoms. The van der Waals surface area contributed by atoms with Crippen molar-refractivity contribution < 1.29 is 19.4 Å². The fourth-order valence-electron chi connectivity index (χ4n) is 2.30. The second-order valence-electron chi connectivity index (χ2n) is 5.53. The molecule has 0 saturated carbocycles. The second kappa shape index (κ2) is 9.55. The molecule has 0 atom stereocenters. The first kappa shape index (κ1) is 20.2. The minimum absolute atomic E-state index is 0.0427. The molecule has 0 aliphatic heterocycles. The Morgan fingerprint density at radius 3 is 2.46 bits per heavy atom. The van der Waals surface area contributed by atoms with Gasteiger partial charge in [-0.25, -0.2) is 4.79 Å². The summed E-state index contributed by atoms with van der Waals surface area (Å²) >= 11 is 12.3. The number of halogens is 2. The number of hydrogen-bond acceptors (Lipinski definition) is 4. The Hall–Kier alpha value is -2.11. The van der Waals surface area contributed by atoms with E-state index >= 15 is 0 Å². The smallest absolute Gasteiger partial charge is 0.337 e. The van der Waals surface area contributed by atoms with E-state index in [-0.39, 0.29) is 10.6 Å². The third-order valence-corrected chi connectivity index (χ3v) is 4.24. The van der Waals surface area contributed by atoms with Crippen LogP contribution in [0.3, 0.4) is 0 Å². The molecule has 0 radical (unpaired) electrons. The van der Waals surface area contributed by atoms with Gasteiger partial charge in [0, 0.05) is 23.3 Å². The molecule has 0 heterocycles. The first-order valence-electron chi connectivity index (χ1n) is 8.31. The van der Waals surface area contributed by atoms with Gasteiger partial charge in [0.2, 0.25) is 0 Å². The number of rotatable bonds is 9. The van der Waals surface area contributed by atoms with Crippen LogP contribution < -0.4 is 14.8 Å². The molecule has 0 saturated heterocycles. The van der Waals surface area contributed by atoms with Crippen molar-refractivity contribution in [1.82, 2.24) is 0 Å². The van der Waals surface area contributed by atoms with Gasteiger partial charge in [-0.3, -0.25) is 0 Å². The molecule has 2 N–H and O–H groups in total. The summed E-state index contributed by atoms with van der Waals surface area (Å²) in [6, 6.07) is 8.31. The van der Waals surface area contributed by atoms with Crippen LogP contribution in [0.1, 0.15) is 36.2 Å². The summed E-state index contributed by atoms with van der Waals surface area (Å²) < 4.78 is 11.3. The number of hydrogen-bond donors (Lipinski definition) is 2. The normalized spacial score (nSPS) is 10.5. The van der Waals surface area contributed by atoms with Crippen LogP contribution >= 0.6 is 23.2 Å².